The number of aliphatic hydroxyl groups is 1. The zero-order valence-electron chi connectivity index (χ0n) is 13.7. The number of urea groups is 1. The Morgan fingerprint density at radius 1 is 1.12 bits per heavy atom. The van der Waals surface area contributed by atoms with Crippen LogP contribution in [0.2, 0.25) is 0 Å². The van der Waals surface area contributed by atoms with E-state index in [0.29, 0.717) is 17.0 Å². The maximum Gasteiger partial charge on any atom is 0.319 e. The lowest BCUT2D eigenvalue weighted by atomic mass is 10.0. The molecule has 24 heavy (non-hydrogen) atoms. The molecule has 2 aromatic carbocycles. The average Bonchev–Trinajstić information content (AvgIpc) is 2.55. The van der Waals surface area contributed by atoms with Crippen LogP contribution < -0.4 is 10.6 Å². The van der Waals surface area contributed by atoms with Gasteiger partial charge in [0.1, 0.15) is 0 Å². The molecule has 0 aromatic heterocycles. The van der Waals surface area contributed by atoms with Gasteiger partial charge < -0.3 is 15.7 Å². The monoisotopic (exact) mass is 346 g/mol. The van der Waals surface area contributed by atoms with E-state index in [1.165, 1.54) is 0 Å². The molecule has 3 N–H and O–H groups in total. The number of rotatable bonds is 6. The van der Waals surface area contributed by atoms with Gasteiger partial charge in [0.25, 0.3) is 0 Å². The van der Waals surface area contributed by atoms with Gasteiger partial charge in [0.15, 0.2) is 0 Å². The third-order valence-electron chi connectivity index (χ3n) is 3.58. The molecule has 2 amide bonds. The lowest BCUT2D eigenvalue weighted by molar-refractivity contribution is 0.155. The van der Waals surface area contributed by atoms with E-state index in [2.05, 4.69) is 10.6 Å². The predicted octanol–water partition coefficient (Wildman–Crippen LogP) is 3.06. The number of aliphatic hydroxyl groups excluding tert-OH is 1. The highest BCUT2D eigenvalue weighted by atomic mass is 32.2. The molecule has 0 heterocycles. The maximum atomic E-state index is 12.0. The SMILES string of the molecule is C[C@H](C[C@H](O)c1ccccc1)NC(=O)Nc1ccc([S@@](C)=O)cc1. The largest absolute Gasteiger partial charge is 0.388 e. The second-order valence-corrected chi connectivity index (χ2v) is 7.02. The summed E-state index contributed by atoms with van der Waals surface area (Å²) in [6.07, 6.45) is 1.40. The van der Waals surface area contributed by atoms with E-state index >= 15 is 0 Å². The van der Waals surface area contributed by atoms with Crippen molar-refractivity contribution in [3.63, 3.8) is 0 Å². The number of hydrogen-bond acceptors (Lipinski definition) is 3. The van der Waals surface area contributed by atoms with Crippen LogP contribution in [0.4, 0.5) is 10.5 Å². The Morgan fingerprint density at radius 3 is 2.33 bits per heavy atom. The minimum absolute atomic E-state index is 0.192. The van der Waals surface area contributed by atoms with Gasteiger partial charge in [-0.1, -0.05) is 30.3 Å². The molecule has 2 rings (SSSR count). The van der Waals surface area contributed by atoms with Crippen molar-refractivity contribution in [2.24, 2.45) is 0 Å². The van der Waals surface area contributed by atoms with Gasteiger partial charge in [-0.2, -0.15) is 0 Å². The summed E-state index contributed by atoms with van der Waals surface area (Å²) in [6.45, 7) is 1.84. The van der Waals surface area contributed by atoms with Crippen LogP contribution in [0.15, 0.2) is 59.5 Å². The first kappa shape index (κ1) is 18.2. The molecule has 0 aliphatic heterocycles. The summed E-state index contributed by atoms with van der Waals surface area (Å²) in [5.74, 6) is 0. The quantitative estimate of drug-likeness (QED) is 0.752. The minimum atomic E-state index is -1.04. The molecule has 0 radical (unpaired) electrons. The van der Waals surface area contributed by atoms with Crippen molar-refractivity contribution in [3.05, 3.63) is 60.2 Å². The summed E-state index contributed by atoms with van der Waals surface area (Å²) >= 11 is 0. The van der Waals surface area contributed by atoms with Gasteiger partial charge in [-0.15, -0.1) is 0 Å². The summed E-state index contributed by atoms with van der Waals surface area (Å²) in [5.41, 5.74) is 1.45. The molecule has 128 valence electrons. The molecular weight excluding hydrogens is 324 g/mol. The normalized spacial score (nSPS) is 14.5. The fourth-order valence-electron chi connectivity index (χ4n) is 2.33. The van der Waals surface area contributed by atoms with Crippen LogP contribution >= 0.6 is 0 Å². The molecule has 3 atom stereocenters. The Kier molecular flexibility index (Phi) is 6.52. The van der Waals surface area contributed by atoms with Crippen LogP contribution in [0.3, 0.4) is 0 Å². The third-order valence-corrected chi connectivity index (χ3v) is 4.52. The molecule has 0 spiro atoms. The van der Waals surface area contributed by atoms with Crippen molar-refractivity contribution in [3.8, 4) is 0 Å². The number of benzene rings is 2. The summed E-state index contributed by atoms with van der Waals surface area (Å²) in [4.78, 5) is 12.7. The van der Waals surface area contributed by atoms with E-state index in [1.807, 2.05) is 37.3 Å². The Balaban J connectivity index is 1.84. The highest BCUT2D eigenvalue weighted by molar-refractivity contribution is 7.84. The van der Waals surface area contributed by atoms with Crippen molar-refractivity contribution in [1.29, 1.82) is 0 Å². The van der Waals surface area contributed by atoms with E-state index in [0.717, 1.165) is 5.56 Å². The number of nitrogens with one attached hydrogen (secondary N) is 2. The van der Waals surface area contributed by atoms with Crippen LogP contribution in [0.25, 0.3) is 0 Å². The van der Waals surface area contributed by atoms with E-state index in [-0.39, 0.29) is 12.1 Å². The standard InChI is InChI=1S/C18H22N2O3S/c1-13(12-17(21)14-6-4-3-5-7-14)19-18(22)20-15-8-10-16(11-9-15)24(2)23/h3-11,13,17,21H,12H2,1-2H3,(H2,19,20,22)/t13-,17+,24-/m1/s1. The van der Waals surface area contributed by atoms with E-state index in [4.69, 9.17) is 0 Å². The van der Waals surface area contributed by atoms with Gasteiger partial charge in [-0.25, -0.2) is 4.79 Å². The highest BCUT2D eigenvalue weighted by Crippen LogP contribution is 2.18. The third kappa shape index (κ3) is 5.47. The summed E-state index contributed by atoms with van der Waals surface area (Å²) in [5, 5.41) is 15.7. The topological polar surface area (TPSA) is 78.4 Å². The maximum absolute atomic E-state index is 12.0. The van der Waals surface area contributed by atoms with Gasteiger partial charge in [-0.05, 0) is 43.2 Å². The van der Waals surface area contributed by atoms with Gasteiger partial charge in [0.2, 0.25) is 0 Å². The molecule has 0 unspecified atom stereocenters. The van der Waals surface area contributed by atoms with Crippen LogP contribution in [0.5, 0.6) is 0 Å². The number of carbonyl (C=O) groups is 1. The molecule has 0 saturated heterocycles. The summed E-state index contributed by atoms with van der Waals surface area (Å²) in [6, 6.07) is 15.7. The van der Waals surface area contributed by atoms with Crippen molar-refractivity contribution < 1.29 is 14.1 Å². The molecular formula is C18H22N2O3S. The Bertz CT molecular complexity index is 689. The lowest BCUT2D eigenvalue weighted by Gasteiger charge is -2.18. The molecule has 0 aliphatic carbocycles. The Labute approximate surface area is 144 Å². The van der Waals surface area contributed by atoms with E-state index < -0.39 is 16.9 Å². The van der Waals surface area contributed by atoms with Crippen LogP contribution in [-0.2, 0) is 10.8 Å². The second-order valence-electron chi connectivity index (χ2n) is 5.64. The van der Waals surface area contributed by atoms with Crippen molar-refractivity contribution >= 4 is 22.5 Å². The first-order chi connectivity index (χ1) is 11.5. The van der Waals surface area contributed by atoms with Crippen LogP contribution in [0, 0.1) is 0 Å². The molecule has 0 bridgehead atoms. The molecule has 0 aliphatic rings. The fraction of sp³-hybridized carbons (Fsp3) is 0.278. The first-order valence-electron chi connectivity index (χ1n) is 7.69. The Hall–Kier alpha value is -2.18. The second kappa shape index (κ2) is 8.61. The molecule has 0 fully saturated rings. The smallest absolute Gasteiger partial charge is 0.319 e. The van der Waals surface area contributed by atoms with E-state index in [1.54, 1.807) is 30.5 Å². The first-order valence-corrected chi connectivity index (χ1v) is 9.25. The fourth-order valence-corrected chi connectivity index (χ4v) is 2.85. The van der Waals surface area contributed by atoms with Gasteiger partial charge in [0.05, 0.1) is 6.10 Å². The van der Waals surface area contributed by atoms with Crippen LogP contribution in [-0.4, -0.2) is 27.6 Å². The van der Waals surface area contributed by atoms with Crippen molar-refractivity contribution in [2.75, 3.05) is 11.6 Å². The minimum Gasteiger partial charge on any atom is -0.388 e. The number of carbonyl (C=O) groups excluding carboxylic acids is 1. The summed E-state index contributed by atoms with van der Waals surface area (Å²) < 4.78 is 11.3. The summed E-state index contributed by atoms with van der Waals surface area (Å²) in [7, 11) is -1.04. The zero-order chi connectivity index (χ0) is 17.5. The molecule has 0 saturated carbocycles. The van der Waals surface area contributed by atoms with Crippen molar-refractivity contribution in [1.82, 2.24) is 5.32 Å². The number of hydrogen-bond donors (Lipinski definition) is 3. The lowest BCUT2D eigenvalue weighted by Crippen LogP contribution is -2.37. The van der Waals surface area contributed by atoms with E-state index in [9.17, 15) is 14.1 Å². The van der Waals surface area contributed by atoms with Gasteiger partial charge >= 0.3 is 6.03 Å². The van der Waals surface area contributed by atoms with Gasteiger partial charge in [0, 0.05) is 33.7 Å². The molecule has 2 aromatic rings. The predicted molar refractivity (Wildman–Crippen MR) is 96.4 cm³/mol. The van der Waals surface area contributed by atoms with Crippen LogP contribution in [0.1, 0.15) is 25.0 Å². The molecule has 6 heteroatoms. The van der Waals surface area contributed by atoms with Gasteiger partial charge in [-0.3, -0.25) is 4.21 Å². The highest BCUT2D eigenvalue weighted by Gasteiger charge is 2.14. The number of anilines is 1. The molecule has 5 nitrogen and oxygen atoms in total. The Morgan fingerprint density at radius 2 is 1.75 bits per heavy atom. The average molecular weight is 346 g/mol. The van der Waals surface area contributed by atoms with Crippen molar-refractivity contribution in [2.45, 2.75) is 30.4 Å². The zero-order valence-corrected chi connectivity index (χ0v) is 14.5. The number of amides is 2.